The first-order valence-corrected chi connectivity index (χ1v) is 8.13. The molecule has 0 spiro atoms. The third-order valence-electron chi connectivity index (χ3n) is 5.32. The van der Waals surface area contributed by atoms with E-state index in [-0.39, 0.29) is 11.9 Å². The van der Waals surface area contributed by atoms with Crippen molar-refractivity contribution in [2.45, 2.75) is 52.5 Å². The Balaban J connectivity index is 1.91. The molecule has 20 heavy (non-hydrogen) atoms. The van der Waals surface area contributed by atoms with Crippen LogP contribution in [0.2, 0.25) is 0 Å². The van der Waals surface area contributed by atoms with Gasteiger partial charge in [-0.1, -0.05) is 25.8 Å². The Morgan fingerprint density at radius 3 is 2.40 bits per heavy atom. The number of benzene rings is 1. The summed E-state index contributed by atoms with van der Waals surface area (Å²) in [6.45, 7) is 7.06. The van der Waals surface area contributed by atoms with Gasteiger partial charge in [-0.2, -0.15) is 0 Å². The molecule has 0 heterocycles. The molecule has 0 radical (unpaired) electrons. The van der Waals surface area contributed by atoms with Crippen LogP contribution in [-0.2, 0) is 0 Å². The lowest BCUT2D eigenvalue weighted by molar-refractivity contribution is 0.434. The zero-order valence-corrected chi connectivity index (χ0v) is 12.9. The number of hydrogen-bond donors (Lipinski definition) is 1. The van der Waals surface area contributed by atoms with Crippen LogP contribution in [0.3, 0.4) is 0 Å². The second kappa shape index (κ2) is 5.48. The summed E-state index contributed by atoms with van der Waals surface area (Å²) in [4.78, 5) is 0. The van der Waals surface area contributed by atoms with E-state index in [2.05, 4.69) is 25.2 Å². The van der Waals surface area contributed by atoms with E-state index in [9.17, 15) is 4.39 Å². The van der Waals surface area contributed by atoms with Crippen molar-refractivity contribution >= 4 is 0 Å². The Morgan fingerprint density at radius 1 is 1.20 bits per heavy atom. The number of halogens is 1. The third kappa shape index (κ3) is 2.39. The van der Waals surface area contributed by atoms with Crippen molar-refractivity contribution < 1.29 is 4.39 Å². The molecule has 2 aliphatic carbocycles. The van der Waals surface area contributed by atoms with Crippen molar-refractivity contribution in [3.8, 4) is 0 Å². The van der Waals surface area contributed by atoms with Crippen LogP contribution in [0.15, 0.2) is 12.1 Å². The molecule has 2 saturated carbocycles. The Bertz CT molecular complexity index is 461. The fraction of sp³-hybridized carbons (Fsp3) is 0.667. The monoisotopic (exact) mass is 275 g/mol. The lowest BCUT2D eigenvalue weighted by atomic mass is 9.93. The van der Waals surface area contributed by atoms with Crippen molar-refractivity contribution in [3.05, 3.63) is 34.6 Å². The summed E-state index contributed by atoms with van der Waals surface area (Å²) in [5, 5.41) is 3.58. The zero-order chi connectivity index (χ0) is 14.3. The van der Waals surface area contributed by atoms with Crippen molar-refractivity contribution in [1.82, 2.24) is 5.32 Å². The Labute approximate surface area is 122 Å². The largest absolute Gasteiger partial charge is 0.310 e. The summed E-state index contributed by atoms with van der Waals surface area (Å²) in [5.41, 5.74) is 3.06. The van der Waals surface area contributed by atoms with E-state index in [0.717, 1.165) is 35.1 Å². The van der Waals surface area contributed by atoms with Gasteiger partial charge in [-0.05, 0) is 68.2 Å². The predicted octanol–water partition coefficient (Wildman–Crippen LogP) is 4.53. The zero-order valence-electron chi connectivity index (χ0n) is 12.9. The van der Waals surface area contributed by atoms with Crippen LogP contribution in [0, 0.1) is 37.4 Å². The molecule has 110 valence electrons. The fourth-order valence-corrected chi connectivity index (χ4v) is 4.51. The molecule has 0 bridgehead atoms. The molecule has 0 aliphatic heterocycles. The van der Waals surface area contributed by atoms with Gasteiger partial charge in [-0.25, -0.2) is 4.39 Å². The summed E-state index contributed by atoms with van der Waals surface area (Å²) in [6, 6.07) is 4.03. The van der Waals surface area contributed by atoms with Crippen LogP contribution in [0.1, 0.15) is 55.3 Å². The minimum Gasteiger partial charge on any atom is -0.310 e. The number of fused-ring (bicyclic) bond motifs is 1. The van der Waals surface area contributed by atoms with E-state index in [4.69, 9.17) is 0 Å². The van der Waals surface area contributed by atoms with E-state index >= 15 is 0 Å². The Morgan fingerprint density at radius 2 is 1.85 bits per heavy atom. The minimum absolute atomic E-state index is 0.0166. The van der Waals surface area contributed by atoms with Gasteiger partial charge >= 0.3 is 0 Å². The summed E-state index contributed by atoms with van der Waals surface area (Å²) >= 11 is 0. The number of nitrogens with one attached hydrogen (secondary N) is 1. The van der Waals surface area contributed by atoms with E-state index in [1.807, 2.05) is 6.92 Å². The highest BCUT2D eigenvalue weighted by molar-refractivity contribution is 5.36. The molecule has 1 aromatic carbocycles. The summed E-state index contributed by atoms with van der Waals surface area (Å²) < 4.78 is 14.5. The normalized spacial score (nSPS) is 29.9. The topological polar surface area (TPSA) is 12.0 Å². The van der Waals surface area contributed by atoms with Gasteiger partial charge in [0, 0.05) is 11.6 Å². The SMILES string of the molecule is CCNC(c1c(C)cc(C)cc1F)C1C2CCCCC21. The molecule has 3 unspecified atom stereocenters. The molecule has 1 N–H and O–H groups in total. The Kier molecular flexibility index (Phi) is 3.85. The summed E-state index contributed by atoms with van der Waals surface area (Å²) in [7, 11) is 0. The molecule has 2 aliphatic rings. The van der Waals surface area contributed by atoms with Crippen LogP contribution in [-0.4, -0.2) is 6.54 Å². The number of rotatable bonds is 4. The average molecular weight is 275 g/mol. The van der Waals surface area contributed by atoms with E-state index in [1.165, 1.54) is 25.7 Å². The highest BCUT2D eigenvalue weighted by Crippen LogP contribution is 2.60. The van der Waals surface area contributed by atoms with E-state index < -0.39 is 0 Å². The summed E-state index contributed by atoms with van der Waals surface area (Å²) in [5.74, 6) is 2.33. The molecular weight excluding hydrogens is 249 g/mol. The maximum absolute atomic E-state index is 14.5. The van der Waals surface area contributed by atoms with Gasteiger partial charge in [0.1, 0.15) is 5.82 Å². The average Bonchev–Trinajstić information content (AvgIpc) is 3.10. The van der Waals surface area contributed by atoms with Crippen molar-refractivity contribution in [3.63, 3.8) is 0 Å². The van der Waals surface area contributed by atoms with Gasteiger partial charge in [0.05, 0.1) is 0 Å². The second-order valence-electron chi connectivity index (χ2n) is 6.70. The molecule has 0 amide bonds. The summed E-state index contributed by atoms with van der Waals surface area (Å²) in [6.07, 6.45) is 5.44. The van der Waals surface area contributed by atoms with Crippen LogP contribution >= 0.6 is 0 Å². The first kappa shape index (κ1) is 14.1. The molecule has 1 aromatic rings. The Hall–Kier alpha value is -0.890. The smallest absolute Gasteiger partial charge is 0.128 e. The van der Waals surface area contributed by atoms with Gasteiger partial charge in [0.25, 0.3) is 0 Å². The molecule has 1 nitrogen and oxygen atoms in total. The standard InChI is InChI=1S/C18H26FN/c1-4-20-18(17-13-7-5-6-8-14(13)17)16-12(3)9-11(2)10-15(16)19/h9-10,13-14,17-18,20H,4-8H2,1-3H3. The maximum Gasteiger partial charge on any atom is 0.128 e. The van der Waals surface area contributed by atoms with Crippen LogP contribution < -0.4 is 5.32 Å². The van der Waals surface area contributed by atoms with Crippen molar-refractivity contribution in [2.24, 2.45) is 17.8 Å². The first-order chi connectivity index (χ1) is 9.63. The highest BCUT2D eigenvalue weighted by Gasteiger charge is 2.54. The quantitative estimate of drug-likeness (QED) is 0.851. The second-order valence-corrected chi connectivity index (χ2v) is 6.70. The van der Waals surface area contributed by atoms with Crippen LogP contribution in [0.25, 0.3) is 0 Å². The number of aryl methyl sites for hydroxylation is 2. The number of hydrogen-bond acceptors (Lipinski definition) is 1. The lowest BCUT2D eigenvalue weighted by Gasteiger charge is -2.22. The molecule has 3 atom stereocenters. The van der Waals surface area contributed by atoms with Crippen molar-refractivity contribution in [2.75, 3.05) is 6.54 Å². The molecule has 0 saturated heterocycles. The highest BCUT2D eigenvalue weighted by atomic mass is 19.1. The maximum atomic E-state index is 14.5. The lowest BCUT2D eigenvalue weighted by Crippen LogP contribution is -2.25. The van der Waals surface area contributed by atoms with Crippen LogP contribution in [0.4, 0.5) is 4.39 Å². The third-order valence-corrected chi connectivity index (χ3v) is 5.32. The van der Waals surface area contributed by atoms with Gasteiger partial charge < -0.3 is 5.32 Å². The molecule has 2 heteroatoms. The van der Waals surface area contributed by atoms with Crippen molar-refractivity contribution in [1.29, 1.82) is 0 Å². The molecular formula is C18H26FN. The molecule has 3 rings (SSSR count). The molecule has 2 fully saturated rings. The molecule has 0 aromatic heterocycles. The predicted molar refractivity (Wildman–Crippen MR) is 81.2 cm³/mol. The van der Waals surface area contributed by atoms with Gasteiger partial charge in [0.15, 0.2) is 0 Å². The fourth-order valence-electron chi connectivity index (χ4n) is 4.51. The van der Waals surface area contributed by atoms with Gasteiger partial charge in [0.2, 0.25) is 0 Å². The van der Waals surface area contributed by atoms with Gasteiger partial charge in [-0.3, -0.25) is 0 Å². The van der Waals surface area contributed by atoms with Crippen LogP contribution in [0.5, 0.6) is 0 Å². The van der Waals surface area contributed by atoms with E-state index in [0.29, 0.717) is 5.92 Å². The first-order valence-electron chi connectivity index (χ1n) is 8.13. The van der Waals surface area contributed by atoms with Gasteiger partial charge in [-0.15, -0.1) is 0 Å². The minimum atomic E-state index is -0.0166. The van der Waals surface area contributed by atoms with E-state index in [1.54, 1.807) is 6.07 Å².